The minimum Gasteiger partial charge on any atom is -0.496 e. The third kappa shape index (κ3) is 4.67. The SMILES string of the molecule is COc1cc(C(=O)O)c(F)cc1-c1ccc2nc(-c3ccc(C4CCC(C)(C)CC4)cc3)sc2c1. The van der Waals surface area contributed by atoms with Crippen LogP contribution in [-0.4, -0.2) is 23.2 Å². The largest absolute Gasteiger partial charge is 0.496 e. The van der Waals surface area contributed by atoms with Crippen LogP contribution in [0.3, 0.4) is 0 Å². The van der Waals surface area contributed by atoms with Gasteiger partial charge in [-0.25, -0.2) is 14.2 Å². The van der Waals surface area contributed by atoms with Gasteiger partial charge in [0.05, 0.1) is 22.9 Å². The highest BCUT2D eigenvalue weighted by Gasteiger charge is 2.27. The van der Waals surface area contributed by atoms with Crippen molar-refractivity contribution in [3.05, 3.63) is 71.5 Å². The smallest absolute Gasteiger partial charge is 0.338 e. The molecule has 5 rings (SSSR count). The van der Waals surface area contributed by atoms with Crippen LogP contribution in [0, 0.1) is 11.2 Å². The molecule has 180 valence electrons. The van der Waals surface area contributed by atoms with E-state index in [-0.39, 0.29) is 0 Å². The summed E-state index contributed by atoms with van der Waals surface area (Å²) < 4.78 is 20.7. The van der Waals surface area contributed by atoms with Crippen LogP contribution in [0.4, 0.5) is 4.39 Å². The molecule has 1 aromatic heterocycles. The molecule has 1 aliphatic carbocycles. The maximum absolute atomic E-state index is 14.4. The average molecular weight is 490 g/mol. The molecule has 0 radical (unpaired) electrons. The van der Waals surface area contributed by atoms with Gasteiger partial charge in [0.25, 0.3) is 0 Å². The number of carboxylic acids is 1. The van der Waals surface area contributed by atoms with Crippen LogP contribution >= 0.6 is 11.3 Å². The number of nitrogens with zero attached hydrogens (tertiary/aromatic N) is 1. The van der Waals surface area contributed by atoms with Crippen molar-refractivity contribution >= 4 is 27.5 Å². The highest BCUT2D eigenvalue weighted by atomic mass is 32.1. The predicted octanol–water partition coefficient (Wildman–Crippen LogP) is 8.16. The number of hydrogen-bond donors (Lipinski definition) is 1. The second kappa shape index (κ2) is 9.08. The number of benzene rings is 3. The van der Waals surface area contributed by atoms with E-state index in [1.165, 1.54) is 50.5 Å². The number of halogens is 1. The van der Waals surface area contributed by atoms with Crippen LogP contribution in [-0.2, 0) is 0 Å². The number of rotatable bonds is 5. The Kier molecular flexibility index (Phi) is 6.09. The highest BCUT2D eigenvalue weighted by molar-refractivity contribution is 7.21. The van der Waals surface area contributed by atoms with E-state index in [0.717, 1.165) is 26.4 Å². The Morgan fingerprint density at radius 3 is 2.40 bits per heavy atom. The maximum Gasteiger partial charge on any atom is 0.338 e. The molecule has 0 bridgehead atoms. The quantitative estimate of drug-likeness (QED) is 0.307. The van der Waals surface area contributed by atoms with Gasteiger partial charge in [0.15, 0.2) is 0 Å². The average Bonchev–Trinajstić information content (AvgIpc) is 3.27. The molecular weight excluding hydrogens is 461 g/mol. The fourth-order valence-electron chi connectivity index (χ4n) is 4.96. The van der Waals surface area contributed by atoms with Gasteiger partial charge in [-0.3, -0.25) is 0 Å². The van der Waals surface area contributed by atoms with Crippen LogP contribution < -0.4 is 4.74 Å². The van der Waals surface area contributed by atoms with Crippen LogP contribution in [0.25, 0.3) is 31.9 Å². The van der Waals surface area contributed by atoms with Gasteiger partial charge in [0.2, 0.25) is 0 Å². The van der Waals surface area contributed by atoms with Crippen molar-refractivity contribution in [2.75, 3.05) is 7.11 Å². The summed E-state index contributed by atoms with van der Waals surface area (Å²) in [5.41, 5.74) is 4.67. The molecule has 0 atom stereocenters. The number of methoxy groups -OCH3 is 1. The molecule has 35 heavy (non-hydrogen) atoms. The van der Waals surface area contributed by atoms with Crippen molar-refractivity contribution in [3.8, 4) is 27.4 Å². The first-order valence-electron chi connectivity index (χ1n) is 11.9. The van der Waals surface area contributed by atoms with Gasteiger partial charge in [0.1, 0.15) is 16.6 Å². The van der Waals surface area contributed by atoms with E-state index in [4.69, 9.17) is 9.72 Å². The first-order valence-corrected chi connectivity index (χ1v) is 12.7. The minimum absolute atomic E-state index is 0.314. The van der Waals surface area contributed by atoms with Crippen molar-refractivity contribution in [3.63, 3.8) is 0 Å². The summed E-state index contributed by atoms with van der Waals surface area (Å²) in [6.45, 7) is 4.73. The fraction of sp³-hybridized carbons (Fsp3) is 0.310. The first kappa shape index (κ1) is 23.5. The summed E-state index contributed by atoms with van der Waals surface area (Å²) in [6, 6.07) is 17.0. The third-order valence-corrected chi connectivity index (χ3v) is 8.25. The number of aromatic nitrogens is 1. The van der Waals surface area contributed by atoms with Crippen molar-refractivity contribution in [1.82, 2.24) is 4.98 Å². The van der Waals surface area contributed by atoms with Gasteiger partial charge in [-0.2, -0.15) is 0 Å². The predicted molar refractivity (Wildman–Crippen MR) is 139 cm³/mol. The van der Waals surface area contributed by atoms with E-state index in [1.807, 2.05) is 18.2 Å². The van der Waals surface area contributed by atoms with E-state index in [9.17, 15) is 14.3 Å². The molecule has 1 saturated carbocycles. The lowest BCUT2D eigenvalue weighted by atomic mass is 9.71. The van der Waals surface area contributed by atoms with E-state index >= 15 is 0 Å². The molecule has 4 nitrogen and oxygen atoms in total. The highest BCUT2D eigenvalue weighted by Crippen LogP contribution is 2.43. The van der Waals surface area contributed by atoms with E-state index in [1.54, 1.807) is 11.3 Å². The van der Waals surface area contributed by atoms with E-state index in [2.05, 4.69) is 38.1 Å². The summed E-state index contributed by atoms with van der Waals surface area (Å²) in [5, 5.41) is 10.1. The first-order chi connectivity index (χ1) is 16.7. The Labute approximate surface area is 208 Å². The zero-order valence-corrected chi connectivity index (χ0v) is 20.9. The summed E-state index contributed by atoms with van der Waals surface area (Å²) in [4.78, 5) is 16.1. The molecule has 3 aromatic carbocycles. The van der Waals surface area contributed by atoms with Crippen LogP contribution in [0.1, 0.15) is 61.4 Å². The second-order valence-corrected chi connectivity index (χ2v) is 11.1. The lowest BCUT2D eigenvalue weighted by Crippen LogP contribution is -2.20. The third-order valence-electron chi connectivity index (χ3n) is 7.19. The summed E-state index contributed by atoms with van der Waals surface area (Å²) in [6.07, 6.45) is 5.03. The van der Waals surface area contributed by atoms with E-state index in [0.29, 0.717) is 22.6 Å². The van der Waals surface area contributed by atoms with Crippen molar-refractivity contribution in [1.29, 1.82) is 0 Å². The molecule has 0 aliphatic heterocycles. The van der Waals surface area contributed by atoms with Crippen LogP contribution in [0.5, 0.6) is 5.75 Å². The lowest BCUT2D eigenvalue weighted by Gasteiger charge is -2.34. The second-order valence-electron chi connectivity index (χ2n) is 10.1. The summed E-state index contributed by atoms with van der Waals surface area (Å²) in [7, 11) is 1.45. The topological polar surface area (TPSA) is 59.4 Å². The fourth-order valence-corrected chi connectivity index (χ4v) is 5.97. The van der Waals surface area contributed by atoms with Gasteiger partial charge in [-0.05, 0) is 72.4 Å². The number of ether oxygens (including phenoxy) is 1. The molecule has 0 spiro atoms. The Bertz CT molecular complexity index is 1400. The molecule has 6 heteroatoms. The number of fused-ring (bicyclic) bond motifs is 1. The molecule has 0 unspecified atom stereocenters. The Balaban J connectivity index is 1.43. The Hall–Kier alpha value is -3.25. The number of aromatic carboxylic acids is 1. The minimum atomic E-state index is -1.33. The van der Waals surface area contributed by atoms with E-state index < -0.39 is 17.3 Å². The zero-order valence-electron chi connectivity index (χ0n) is 20.1. The number of hydrogen-bond acceptors (Lipinski definition) is 4. The molecule has 0 saturated heterocycles. The van der Waals surface area contributed by atoms with Crippen molar-refractivity contribution in [2.24, 2.45) is 5.41 Å². The molecule has 0 amide bonds. The standard InChI is InChI=1S/C29H28FNO3S/c1-29(2)12-10-18(11-13-29)17-4-6-19(7-5-17)27-31-24-9-8-20(14-26(24)35-27)21-15-23(30)22(28(32)33)16-25(21)34-3/h4-9,14-16,18H,10-13H2,1-3H3,(H,32,33). The van der Waals surface area contributed by atoms with Crippen LogP contribution in [0.15, 0.2) is 54.6 Å². The maximum atomic E-state index is 14.4. The lowest BCUT2D eigenvalue weighted by molar-refractivity contribution is 0.0691. The Morgan fingerprint density at radius 2 is 1.74 bits per heavy atom. The van der Waals surface area contributed by atoms with Crippen molar-refractivity contribution < 1.29 is 19.0 Å². The zero-order chi connectivity index (χ0) is 24.7. The molecule has 1 aliphatic rings. The molecule has 1 fully saturated rings. The van der Waals surface area contributed by atoms with Gasteiger partial charge in [-0.1, -0.05) is 44.2 Å². The van der Waals surface area contributed by atoms with Gasteiger partial charge < -0.3 is 9.84 Å². The normalized spacial score (nSPS) is 15.9. The summed E-state index contributed by atoms with van der Waals surface area (Å²) in [5.74, 6) is -1.17. The van der Waals surface area contributed by atoms with Gasteiger partial charge in [0, 0.05) is 11.1 Å². The molecule has 4 aromatic rings. The number of thiazole rings is 1. The van der Waals surface area contributed by atoms with Gasteiger partial charge in [-0.15, -0.1) is 11.3 Å². The summed E-state index contributed by atoms with van der Waals surface area (Å²) >= 11 is 1.59. The monoisotopic (exact) mass is 489 g/mol. The molecule has 1 N–H and O–H groups in total. The van der Waals surface area contributed by atoms with Crippen LogP contribution in [0.2, 0.25) is 0 Å². The van der Waals surface area contributed by atoms with Crippen molar-refractivity contribution in [2.45, 2.75) is 45.4 Å². The molecule has 1 heterocycles. The Morgan fingerprint density at radius 1 is 1.06 bits per heavy atom. The number of carboxylic acid groups (broad SMARTS) is 1. The van der Waals surface area contributed by atoms with Gasteiger partial charge >= 0.3 is 5.97 Å². The molecular formula is C29H28FNO3S. The number of carbonyl (C=O) groups is 1.